The molecule has 1 aliphatic rings. The Morgan fingerprint density at radius 1 is 1.24 bits per heavy atom. The molecule has 4 rings (SSSR count). The van der Waals surface area contributed by atoms with Gasteiger partial charge in [-0.15, -0.1) is 0 Å². The molecule has 4 heterocycles. The number of aryl methyl sites for hydroxylation is 1. The zero-order chi connectivity index (χ0) is 20.2. The molecular weight excluding hydrogens is 366 g/mol. The van der Waals surface area contributed by atoms with Gasteiger partial charge in [-0.1, -0.05) is 0 Å². The maximum absolute atomic E-state index is 12.8. The summed E-state index contributed by atoms with van der Waals surface area (Å²) < 4.78 is 7.60. The van der Waals surface area contributed by atoms with Gasteiger partial charge in [0.15, 0.2) is 0 Å². The van der Waals surface area contributed by atoms with Gasteiger partial charge in [0.2, 0.25) is 0 Å². The van der Waals surface area contributed by atoms with Gasteiger partial charge in [-0.05, 0) is 56.0 Å². The first kappa shape index (κ1) is 19.2. The number of carbonyl (C=O) groups is 1. The molecule has 7 nitrogen and oxygen atoms in total. The fourth-order valence-electron chi connectivity index (χ4n) is 3.80. The van der Waals surface area contributed by atoms with Gasteiger partial charge in [0.05, 0.1) is 12.1 Å². The molecule has 0 spiro atoms. The van der Waals surface area contributed by atoms with Gasteiger partial charge in [-0.25, -0.2) is 4.98 Å². The molecule has 3 aromatic rings. The molecule has 0 aliphatic carbocycles. The summed E-state index contributed by atoms with van der Waals surface area (Å²) in [6.07, 6.45) is 7.49. The quantitative estimate of drug-likeness (QED) is 0.642. The van der Waals surface area contributed by atoms with E-state index in [1.807, 2.05) is 71.2 Å². The van der Waals surface area contributed by atoms with E-state index in [0.29, 0.717) is 18.0 Å². The number of nitrogens with zero attached hydrogens (tertiary/aromatic N) is 5. The highest BCUT2D eigenvalue weighted by atomic mass is 16.3. The lowest BCUT2D eigenvalue weighted by molar-refractivity contribution is 0.0681. The number of likely N-dealkylation sites (tertiary alicyclic amines) is 1. The molecule has 0 radical (unpaired) electrons. The number of piperidine rings is 1. The maximum Gasteiger partial charge on any atom is 0.255 e. The fourth-order valence-corrected chi connectivity index (χ4v) is 3.80. The Labute approximate surface area is 170 Å². The highest BCUT2D eigenvalue weighted by Gasteiger charge is 2.24. The highest BCUT2D eigenvalue weighted by Crippen LogP contribution is 2.21. The van der Waals surface area contributed by atoms with Crippen LogP contribution in [0.4, 0.5) is 5.82 Å². The minimum Gasteiger partial charge on any atom is -0.464 e. The predicted octanol–water partition coefficient (Wildman–Crippen LogP) is 3.37. The summed E-state index contributed by atoms with van der Waals surface area (Å²) in [7, 11) is 1.96. The molecule has 0 saturated carbocycles. The second-order valence-electron chi connectivity index (χ2n) is 7.74. The summed E-state index contributed by atoms with van der Waals surface area (Å²) in [5.41, 5.74) is 0.640. The van der Waals surface area contributed by atoms with Gasteiger partial charge < -0.3 is 14.2 Å². The Balaban J connectivity index is 1.31. The molecule has 3 aromatic heterocycles. The number of anilines is 1. The van der Waals surface area contributed by atoms with E-state index >= 15 is 0 Å². The van der Waals surface area contributed by atoms with Gasteiger partial charge in [0.1, 0.15) is 17.3 Å². The lowest BCUT2D eigenvalue weighted by Crippen LogP contribution is -2.39. The first-order valence-corrected chi connectivity index (χ1v) is 10.1. The normalized spacial score (nSPS) is 14.9. The monoisotopic (exact) mass is 393 g/mol. The molecule has 0 N–H and O–H groups in total. The van der Waals surface area contributed by atoms with Crippen LogP contribution in [0.2, 0.25) is 0 Å². The molecule has 7 heteroatoms. The van der Waals surface area contributed by atoms with Gasteiger partial charge >= 0.3 is 0 Å². The number of rotatable bonds is 6. The molecule has 1 fully saturated rings. The Kier molecular flexibility index (Phi) is 5.64. The second kappa shape index (κ2) is 8.51. The number of amides is 1. The van der Waals surface area contributed by atoms with Crippen LogP contribution in [0.5, 0.6) is 0 Å². The molecule has 0 unspecified atom stereocenters. The van der Waals surface area contributed by atoms with Gasteiger partial charge in [0.25, 0.3) is 5.91 Å². The number of pyridine rings is 1. The summed E-state index contributed by atoms with van der Waals surface area (Å²) in [5.74, 6) is 3.23. The van der Waals surface area contributed by atoms with Crippen LogP contribution in [0.3, 0.4) is 0 Å². The van der Waals surface area contributed by atoms with E-state index in [0.717, 1.165) is 49.8 Å². The average Bonchev–Trinajstić information content (AvgIpc) is 3.40. The van der Waals surface area contributed by atoms with Gasteiger partial charge in [0, 0.05) is 45.3 Å². The van der Waals surface area contributed by atoms with E-state index in [4.69, 9.17) is 4.42 Å². The van der Waals surface area contributed by atoms with E-state index < -0.39 is 0 Å². The Morgan fingerprint density at radius 3 is 2.69 bits per heavy atom. The second-order valence-corrected chi connectivity index (χ2v) is 7.74. The molecule has 0 bridgehead atoms. The number of carbonyl (C=O) groups excluding carboxylic acids is 1. The third-order valence-corrected chi connectivity index (χ3v) is 5.48. The maximum atomic E-state index is 12.8. The van der Waals surface area contributed by atoms with E-state index in [-0.39, 0.29) is 5.91 Å². The molecule has 152 valence electrons. The number of furan rings is 1. The number of hydrogen-bond acceptors (Lipinski definition) is 5. The summed E-state index contributed by atoms with van der Waals surface area (Å²) in [5, 5.41) is 4.28. The summed E-state index contributed by atoms with van der Waals surface area (Å²) in [6, 6.07) is 9.64. The highest BCUT2D eigenvalue weighted by molar-refractivity contribution is 5.94. The Hall–Kier alpha value is -3.09. The molecule has 29 heavy (non-hydrogen) atoms. The Morgan fingerprint density at radius 2 is 2.07 bits per heavy atom. The summed E-state index contributed by atoms with van der Waals surface area (Å²) >= 11 is 0. The van der Waals surface area contributed by atoms with Crippen molar-refractivity contribution in [3.05, 3.63) is 66.0 Å². The van der Waals surface area contributed by atoms with Crippen LogP contribution in [-0.4, -0.2) is 45.7 Å². The standard InChI is InChI=1S/C22H27N5O2/c1-17-4-6-20(29-17)16-25(2)21-7-5-19(14-23-21)22(28)26-12-8-18(9-13-26)15-27-11-3-10-24-27/h3-7,10-11,14,18H,8-9,12-13,15-16H2,1-2H3. The zero-order valence-corrected chi connectivity index (χ0v) is 17.0. The van der Waals surface area contributed by atoms with E-state index in [2.05, 4.69) is 10.1 Å². The smallest absolute Gasteiger partial charge is 0.255 e. The van der Waals surface area contributed by atoms with Crippen LogP contribution in [0.25, 0.3) is 0 Å². The van der Waals surface area contributed by atoms with Crippen LogP contribution in [0, 0.1) is 12.8 Å². The van der Waals surface area contributed by atoms with E-state index in [9.17, 15) is 4.79 Å². The van der Waals surface area contributed by atoms with Gasteiger partial charge in [-0.2, -0.15) is 5.10 Å². The van der Waals surface area contributed by atoms with Crippen LogP contribution in [0.1, 0.15) is 34.7 Å². The predicted molar refractivity (Wildman–Crippen MR) is 111 cm³/mol. The van der Waals surface area contributed by atoms with Crippen molar-refractivity contribution in [1.82, 2.24) is 19.7 Å². The van der Waals surface area contributed by atoms with Crippen LogP contribution in [0.15, 0.2) is 53.3 Å². The largest absolute Gasteiger partial charge is 0.464 e. The third kappa shape index (κ3) is 4.67. The van der Waals surface area contributed by atoms with Crippen molar-refractivity contribution < 1.29 is 9.21 Å². The van der Waals surface area contributed by atoms with Crippen molar-refractivity contribution in [3.8, 4) is 0 Å². The first-order valence-electron chi connectivity index (χ1n) is 10.1. The lowest BCUT2D eigenvalue weighted by atomic mass is 9.96. The topological polar surface area (TPSA) is 67.4 Å². The van der Waals surface area contributed by atoms with Crippen molar-refractivity contribution in [2.24, 2.45) is 5.92 Å². The number of aromatic nitrogens is 3. The van der Waals surface area contributed by atoms with E-state index in [1.54, 1.807) is 6.20 Å². The number of hydrogen-bond donors (Lipinski definition) is 0. The average molecular weight is 393 g/mol. The van der Waals surface area contributed by atoms with Gasteiger partial charge in [-0.3, -0.25) is 9.48 Å². The van der Waals surface area contributed by atoms with Crippen molar-refractivity contribution in [3.63, 3.8) is 0 Å². The van der Waals surface area contributed by atoms with Crippen molar-refractivity contribution >= 4 is 11.7 Å². The molecule has 0 atom stereocenters. The summed E-state index contributed by atoms with van der Waals surface area (Å²) in [6.45, 7) is 5.06. The first-order chi connectivity index (χ1) is 14.1. The SMILES string of the molecule is Cc1ccc(CN(C)c2ccc(C(=O)N3CCC(Cn4cccn4)CC3)cn2)o1. The van der Waals surface area contributed by atoms with Crippen LogP contribution >= 0.6 is 0 Å². The zero-order valence-electron chi connectivity index (χ0n) is 17.0. The molecular formula is C22H27N5O2. The van der Waals surface area contributed by atoms with Crippen molar-refractivity contribution in [1.29, 1.82) is 0 Å². The summed E-state index contributed by atoms with van der Waals surface area (Å²) in [4.78, 5) is 21.3. The molecule has 1 amide bonds. The fraction of sp³-hybridized carbons (Fsp3) is 0.409. The Bertz CT molecular complexity index is 925. The minimum absolute atomic E-state index is 0.0610. The van der Waals surface area contributed by atoms with E-state index in [1.165, 1.54) is 0 Å². The molecule has 0 aromatic carbocycles. The lowest BCUT2D eigenvalue weighted by Gasteiger charge is -2.32. The van der Waals surface area contributed by atoms with Crippen molar-refractivity contribution in [2.45, 2.75) is 32.9 Å². The third-order valence-electron chi connectivity index (χ3n) is 5.48. The molecule has 1 aliphatic heterocycles. The van der Waals surface area contributed by atoms with Crippen LogP contribution < -0.4 is 4.90 Å². The molecule has 1 saturated heterocycles. The van der Waals surface area contributed by atoms with Crippen LogP contribution in [-0.2, 0) is 13.1 Å². The minimum atomic E-state index is 0.0610. The van der Waals surface area contributed by atoms with Crippen molar-refractivity contribution in [2.75, 3.05) is 25.0 Å².